The highest BCUT2D eigenvalue weighted by molar-refractivity contribution is 5.75. The molecule has 4 nitrogen and oxygen atoms in total. The molecule has 1 amide bonds. The van der Waals surface area contributed by atoms with Crippen molar-refractivity contribution in [3.63, 3.8) is 0 Å². The molecule has 0 saturated carbocycles. The van der Waals surface area contributed by atoms with Crippen LogP contribution in [0.25, 0.3) is 0 Å². The van der Waals surface area contributed by atoms with E-state index in [1.54, 1.807) is 7.05 Å². The van der Waals surface area contributed by atoms with Gasteiger partial charge in [0.15, 0.2) is 0 Å². The van der Waals surface area contributed by atoms with E-state index in [4.69, 9.17) is 0 Å². The van der Waals surface area contributed by atoms with E-state index in [1.807, 2.05) is 19.3 Å². The molecule has 0 radical (unpaired) electrons. The van der Waals surface area contributed by atoms with Crippen LogP contribution in [-0.2, 0) is 11.3 Å². The Kier molecular flexibility index (Phi) is 4.87. The molecule has 0 aliphatic rings. The third kappa shape index (κ3) is 4.14. The largest absolute Gasteiger partial charge is 0.359 e. The predicted octanol–water partition coefficient (Wildman–Crippen LogP) is 1.50. The lowest BCUT2D eigenvalue weighted by atomic mass is 10.2. The molecule has 0 aromatic carbocycles. The number of hydrogen-bond donors (Lipinski definition) is 1. The molecular formula is C11H19N3O. The number of aryl methyl sites for hydroxylation is 2. The van der Waals surface area contributed by atoms with E-state index in [0.717, 1.165) is 31.6 Å². The molecule has 1 aromatic heterocycles. The Morgan fingerprint density at radius 2 is 2.27 bits per heavy atom. The van der Waals surface area contributed by atoms with Gasteiger partial charge in [-0.3, -0.25) is 4.79 Å². The van der Waals surface area contributed by atoms with Gasteiger partial charge in [-0.1, -0.05) is 6.42 Å². The SMILES string of the molecule is CNC(=O)CCCCCn1ccnc1C. The number of amides is 1. The minimum absolute atomic E-state index is 0.133. The zero-order valence-electron chi connectivity index (χ0n) is 9.49. The summed E-state index contributed by atoms with van der Waals surface area (Å²) < 4.78 is 2.14. The minimum Gasteiger partial charge on any atom is -0.359 e. The van der Waals surface area contributed by atoms with Crippen LogP contribution in [-0.4, -0.2) is 22.5 Å². The summed E-state index contributed by atoms with van der Waals surface area (Å²) in [6.07, 6.45) is 7.61. The first-order chi connectivity index (χ1) is 7.24. The lowest BCUT2D eigenvalue weighted by molar-refractivity contribution is -0.120. The first-order valence-corrected chi connectivity index (χ1v) is 5.42. The van der Waals surface area contributed by atoms with E-state index >= 15 is 0 Å². The van der Waals surface area contributed by atoms with Crippen molar-refractivity contribution in [3.8, 4) is 0 Å². The van der Waals surface area contributed by atoms with Gasteiger partial charge in [0.25, 0.3) is 0 Å². The molecule has 0 aliphatic carbocycles. The molecule has 1 aromatic rings. The molecular weight excluding hydrogens is 190 g/mol. The fourth-order valence-electron chi connectivity index (χ4n) is 1.51. The lowest BCUT2D eigenvalue weighted by Crippen LogP contribution is -2.16. The third-order valence-corrected chi connectivity index (χ3v) is 2.51. The second-order valence-electron chi connectivity index (χ2n) is 3.65. The molecule has 0 aliphatic heterocycles. The molecule has 1 N–H and O–H groups in total. The summed E-state index contributed by atoms with van der Waals surface area (Å²) in [5, 5.41) is 2.62. The molecule has 0 atom stereocenters. The Labute approximate surface area is 90.7 Å². The minimum atomic E-state index is 0.133. The summed E-state index contributed by atoms with van der Waals surface area (Å²) in [6, 6.07) is 0. The number of unbranched alkanes of at least 4 members (excludes halogenated alkanes) is 2. The van der Waals surface area contributed by atoms with Gasteiger partial charge < -0.3 is 9.88 Å². The molecule has 15 heavy (non-hydrogen) atoms. The van der Waals surface area contributed by atoms with Crippen molar-refractivity contribution in [1.82, 2.24) is 14.9 Å². The number of carbonyl (C=O) groups is 1. The van der Waals surface area contributed by atoms with E-state index in [9.17, 15) is 4.79 Å². The van der Waals surface area contributed by atoms with E-state index in [2.05, 4.69) is 14.9 Å². The van der Waals surface area contributed by atoms with Gasteiger partial charge in [-0.05, 0) is 19.8 Å². The van der Waals surface area contributed by atoms with Gasteiger partial charge in [-0.25, -0.2) is 4.98 Å². The summed E-state index contributed by atoms with van der Waals surface area (Å²) in [5.74, 6) is 1.19. The first kappa shape index (κ1) is 11.8. The monoisotopic (exact) mass is 209 g/mol. The number of rotatable bonds is 6. The van der Waals surface area contributed by atoms with E-state index < -0.39 is 0 Å². The van der Waals surface area contributed by atoms with Crippen LogP contribution < -0.4 is 5.32 Å². The van der Waals surface area contributed by atoms with Crippen molar-refractivity contribution in [2.24, 2.45) is 0 Å². The fraction of sp³-hybridized carbons (Fsp3) is 0.636. The Bertz CT molecular complexity index is 307. The Hall–Kier alpha value is -1.32. The van der Waals surface area contributed by atoms with E-state index in [1.165, 1.54) is 0 Å². The average molecular weight is 209 g/mol. The first-order valence-electron chi connectivity index (χ1n) is 5.42. The number of nitrogens with one attached hydrogen (secondary N) is 1. The smallest absolute Gasteiger partial charge is 0.219 e. The molecule has 0 saturated heterocycles. The molecule has 4 heteroatoms. The molecule has 0 fully saturated rings. The molecule has 0 unspecified atom stereocenters. The summed E-state index contributed by atoms with van der Waals surface area (Å²) in [5.41, 5.74) is 0. The quantitative estimate of drug-likeness (QED) is 0.722. The number of imidazole rings is 1. The third-order valence-electron chi connectivity index (χ3n) is 2.51. The predicted molar refractivity (Wildman–Crippen MR) is 59.5 cm³/mol. The van der Waals surface area contributed by atoms with Crippen LogP contribution in [0.4, 0.5) is 0 Å². The number of nitrogens with zero attached hydrogens (tertiary/aromatic N) is 2. The van der Waals surface area contributed by atoms with Crippen molar-refractivity contribution in [2.75, 3.05) is 7.05 Å². The van der Waals surface area contributed by atoms with Crippen molar-refractivity contribution < 1.29 is 4.79 Å². The normalized spacial score (nSPS) is 10.3. The van der Waals surface area contributed by atoms with Crippen LogP contribution in [0.1, 0.15) is 31.5 Å². The summed E-state index contributed by atoms with van der Waals surface area (Å²) in [4.78, 5) is 15.1. The molecule has 0 bridgehead atoms. The van der Waals surface area contributed by atoms with Gasteiger partial charge >= 0.3 is 0 Å². The summed E-state index contributed by atoms with van der Waals surface area (Å²) in [6.45, 7) is 3.00. The van der Waals surface area contributed by atoms with Gasteiger partial charge in [0, 0.05) is 32.4 Å². The Balaban J connectivity index is 2.07. The maximum atomic E-state index is 10.9. The maximum absolute atomic E-state index is 10.9. The lowest BCUT2D eigenvalue weighted by Gasteiger charge is -2.04. The Morgan fingerprint density at radius 1 is 1.47 bits per heavy atom. The van der Waals surface area contributed by atoms with E-state index in [-0.39, 0.29) is 5.91 Å². The summed E-state index contributed by atoms with van der Waals surface area (Å²) in [7, 11) is 1.68. The number of aromatic nitrogens is 2. The van der Waals surface area contributed by atoms with Crippen molar-refractivity contribution in [3.05, 3.63) is 18.2 Å². The van der Waals surface area contributed by atoms with Gasteiger partial charge in [0.2, 0.25) is 5.91 Å². The average Bonchev–Trinajstić information content (AvgIpc) is 2.63. The second kappa shape index (κ2) is 6.22. The van der Waals surface area contributed by atoms with Gasteiger partial charge in [-0.15, -0.1) is 0 Å². The van der Waals surface area contributed by atoms with Gasteiger partial charge in [0.05, 0.1) is 0 Å². The van der Waals surface area contributed by atoms with Crippen LogP contribution in [0.5, 0.6) is 0 Å². The van der Waals surface area contributed by atoms with Crippen molar-refractivity contribution in [2.45, 2.75) is 39.2 Å². The van der Waals surface area contributed by atoms with E-state index in [0.29, 0.717) is 6.42 Å². The fourth-order valence-corrected chi connectivity index (χ4v) is 1.51. The van der Waals surface area contributed by atoms with Crippen molar-refractivity contribution >= 4 is 5.91 Å². The zero-order valence-corrected chi connectivity index (χ0v) is 9.49. The molecule has 1 heterocycles. The molecule has 0 spiro atoms. The Morgan fingerprint density at radius 3 is 2.87 bits per heavy atom. The van der Waals surface area contributed by atoms with Gasteiger partial charge in [-0.2, -0.15) is 0 Å². The standard InChI is InChI=1S/C11H19N3O/c1-10-13-7-9-14(10)8-5-3-4-6-11(15)12-2/h7,9H,3-6,8H2,1-2H3,(H,12,15). The topological polar surface area (TPSA) is 46.9 Å². The highest BCUT2D eigenvalue weighted by Crippen LogP contribution is 2.04. The number of carbonyl (C=O) groups excluding carboxylic acids is 1. The highest BCUT2D eigenvalue weighted by atomic mass is 16.1. The van der Waals surface area contributed by atoms with Crippen LogP contribution in [0.3, 0.4) is 0 Å². The van der Waals surface area contributed by atoms with Crippen LogP contribution in [0.15, 0.2) is 12.4 Å². The van der Waals surface area contributed by atoms with Crippen LogP contribution in [0.2, 0.25) is 0 Å². The molecule has 84 valence electrons. The van der Waals surface area contributed by atoms with Crippen LogP contribution >= 0.6 is 0 Å². The van der Waals surface area contributed by atoms with Crippen molar-refractivity contribution in [1.29, 1.82) is 0 Å². The number of hydrogen-bond acceptors (Lipinski definition) is 2. The highest BCUT2D eigenvalue weighted by Gasteiger charge is 1.99. The van der Waals surface area contributed by atoms with Gasteiger partial charge in [0.1, 0.15) is 5.82 Å². The van der Waals surface area contributed by atoms with Crippen LogP contribution in [0, 0.1) is 6.92 Å². The maximum Gasteiger partial charge on any atom is 0.219 e. The summed E-state index contributed by atoms with van der Waals surface area (Å²) >= 11 is 0. The second-order valence-corrected chi connectivity index (χ2v) is 3.65. The zero-order chi connectivity index (χ0) is 11.1. The molecule has 1 rings (SSSR count).